The zero-order chi connectivity index (χ0) is 19.8. The van der Waals surface area contributed by atoms with Gasteiger partial charge < -0.3 is 14.0 Å². The molecule has 1 amide bonds. The summed E-state index contributed by atoms with van der Waals surface area (Å²) in [6.07, 6.45) is 5.00. The highest BCUT2D eigenvalue weighted by Gasteiger charge is 2.17. The Bertz CT molecular complexity index is 1340. The van der Waals surface area contributed by atoms with E-state index in [-0.39, 0.29) is 5.91 Å². The van der Waals surface area contributed by atoms with Gasteiger partial charge in [-0.25, -0.2) is 0 Å². The van der Waals surface area contributed by atoms with Gasteiger partial charge in [0.05, 0.1) is 21.3 Å². The molecule has 1 aliphatic rings. The lowest BCUT2D eigenvalue weighted by molar-refractivity contribution is 0.0998. The Kier molecular flexibility index (Phi) is 4.33. The Morgan fingerprint density at radius 1 is 1.14 bits per heavy atom. The molecule has 7 nitrogen and oxygen atoms in total. The number of hydrogen-bond acceptors (Lipinski definition) is 6. The van der Waals surface area contributed by atoms with E-state index in [1.165, 1.54) is 11.3 Å². The average Bonchev–Trinajstić information content (AvgIpc) is 3.08. The van der Waals surface area contributed by atoms with Crippen molar-refractivity contribution in [1.29, 1.82) is 0 Å². The van der Waals surface area contributed by atoms with Crippen LogP contribution in [0.15, 0.2) is 60.4 Å². The van der Waals surface area contributed by atoms with Crippen LogP contribution in [0.2, 0.25) is 0 Å². The molecule has 2 aromatic heterocycles. The van der Waals surface area contributed by atoms with Crippen LogP contribution < -0.4 is 14.3 Å². The standard InChI is InChI=1S/C21H16N4O3S/c1-2-7-25-16-11-17-18(28-9-8-27-17)12-19(16)29-21(25)24-20(26)13-3-4-14-15(10-13)23-6-5-22-14/h2-6,10-12H,1,7-9H2. The number of amides is 1. The zero-order valence-corrected chi connectivity index (χ0v) is 16.2. The van der Waals surface area contributed by atoms with E-state index in [9.17, 15) is 4.79 Å². The molecule has 0 saturated heterocycles. The van der Waals surface area contributed by atoms with Gasteiger partial charge >= 0.3 is 0 Å². The molecule has 0 spiro atoms. The van der Waals surface area contributed by atoms with Crippen LogP contribution in [-0.4, -0.2) is 33.7 Å². The van der Waals surface area contributed by atoms with E-state index < -0.39 is 0 Å². The first-order valence-electron chi connectivity index (χ1n) is 9.06. The normalized spacial score (nSPS) is 13.7. The number of aromatic nitrogens is 3. The van der Waals surface area contributed by atoms with Crippen LogP contribution in [0.25, 0.3) is 21.3 Å². The fourth-order valence-electron chi connectivity index (χ4n) is 3.25. The van der Waals surface area contributed by atoms with E-state index >= 15 is 0 Å². The summed E-state index contributed by atoms with van der Waals surface area (Å²) in [5.41, 5.74) is 2.78. The fraction of sp³-hybridized carbons (Fsp3) is 0.143. The van der Waals surface area contributed by atoms with E-state index in [4.69, 9.17) is 9.47 Å². The predicted octanol–water partition coefficient (Wildman–Crippen LogP) is 3.34. The number of ether oxygens (including phenoxy) is 2. The first kappa shape index (κ1) is 17.6. The predicted molar refractivity (Wildman–Crippen MR) is 110 cm³/mol. The number of allylic oxidation sites excluding steroid dienone is 1. The highest BCUT2D eigenvalue weighted by Crippen LogP contribution is 2.35. The number of nitrogens with zero attached hydrogens (tertiary/aromatic N) is 4. The third kappa shape index (κ3) is 3.17. The van der Waals surface area contributed by atoms with Crippen LogP contribution in [0.3, 0.4) is 0 Å². The molecule has 0 N–H and O–H groups in total. The quantitative estimate of drug-likeness (QED) is 0.490. The molecule has 0 unspecified atom stereocenters. The van der Waals surface area contributed by atoms with Gasteiger partial charge in [-0.2, -0.15) is 4.99 Å². The molecule has 0 bridgehead atoms. The Labute approximate surface area is 169 Å². The molecule has 0 saturated carbocycles. The zero-order valence-electron chi connectivity index (χ0n) is 15.4. The summed E-state index contributed by atoms with van der Waals surface area (Å²) in [6, 6.07) is 9.06. The van der Waals surface area contributed by atoms with Gasteiger partial charge in [-0.15, -0.1) is 6.58 Å². The topological polar surface area (TPSA) is 78.6 Å². The minimum absolute atomic E-state index is 0.334. The molecule has 29 heavy (non-hydrogen) atoms. The Balaban J connectivity index is 1.63. The summed E-state index contributed by atoms with van der Waals surface area (Å²) in [4.78, 5) is 26.3. The van der Waals surface area contributed by atoms with Crippen LogP contribution >= 0.6 is 11.3 Å². The largest absolute Gasteiger partial charge is 0.486 e. The lowest BCUT2D eigenvalue weighted by Gasteiger charge is -2.18. The van der Waals surface area contributed by atoms with Crippen LogP contribution in [-0.2, 0) is 6.54 Å². The minimum Gasteiger partial charge on any atom is -0.486 e. The van der Waals surface area contributed by atoms with Gasteiger partial charge in [-0.1, -0.05) is 17.4 Å². The highest BCUT2D eigenvalue weighted by atomic mass is 32.1. The van der Waals surface area contributed by atoms with Crippen LogP contribution in [0.1, 0.15) is 10.4 Å². The lowest BCUT2D eigenvalue weighted by atomic mass is 10.2. The van der Waals surface area contributed by atoms with E-state index in [0.717, 1.165) is 15.7 Å². The maximum atomic E-state index is 12.9. The second-order valence-corrected chi connectivity index (χ2v) is 7.43. The van der Waals surface area contributed by atoms with Crippen molar-refractivity contribution in [3.05, 3.63) is 65.7 Å². The van der Waals surface area contributed by atoms with Crippen LogP contribution in [0.4, 0.5) is 0 Å². The van der Waals surface area contributed by atoms with Crippen molar-refractivity contribution in [2.75, 3.05) is 13.2 Å². The summed E-state index contributed by atoms with van der Waals surface area (Å²) in [6.45, 7) is 5.39. The summed E-state index contributed by atoms with van der Waals surface area (Å²) in [5, 5.41) is 0. The number of carbonyl (C=O) groups is 1. The van der Waals surface area contributed by atoms with Crippen molar-refractivity contribution >= 4 is 38.5 Å². The summed E-state index contributed by atoms with van der Waals surface area (Å²) in [5.74, 6) is 1.08. The second kappa shape index (κ2) is 7.14. The Hall–Kier alpha value is -3.52. The maximum Gasteiger partial charge on any atom is 0.279 e. The first-order valence-corrected chi connectivity index (χ1v) is 9.88. The van der Waals surface area contributed by atoms with Gasteiger partial charge in [-0.05, 0) is 18.2 Å². The molecule has 5 rings (SSSR count). The van der Waals surface area contributed by atoms with Crippen molar-refractivity contribution in [1.82, 2.24) is 14.5 Å². The third-order valence-electron chi connectivity index (χ3n) is 4.57. The fourth-order valence-corrected chi connectivity index (χ4v) is 4.29. The summed E-state index contributed by atoms with van der Waals surface area (Å²) in [7, 11) is 0. The van der Waals surface area contributed by atoms with Gasteiger partial charge in [0.1, 0.15) is 13.2 Å². The van der Waals surface area contributed by atoms with Crippen molar-refractivity contribution in [3.8, 4) is 11.5 Å². The SMILES string of the molecule is C=CCn1c(=NC(=O)c2ccc3nccnc3c2)sc2cc3c(cc21)OCCO3. The van der Waals surface area contributed by atoms with Gasteiger partial charge in [-0.3, -0.25) is 14.8 Å². The number of rotatable bonds is 3. The Morgan fingerprint density at radius 3 is 2.69 bits per heavy atom. The smallest absolute Gasteiger partial charge is 0.279 e. The minimum atomic E-state index is -0.334. The molecule has 0 aliphatic carbocycles. The first-order chi connectivity index (χ1) is 14.2. The molecule has 0 atom stereocenters. The van der Waals surface area contributed by atoms with Gasteiger partial charge in [0, 0.05) is 36.6 Å². The summed E-state index contributed by atoms with van der Waals surface area (Å²) >= 11 is 1.43. The number of thiazole rings is 1. The van der Waals surface area contributed by atoms with E-state index in [2.05, 4.69) is 21.5 Å². The third-order valence-corrected chi connectivity index (χ3v) is 5.61. The molecule has 4 aromatic rings. The maximum absolute atomic E-state index is 12.9. The number of fused-ring (bicyclic) bond motifs is 3. The molecule has 2 aromatic carbocycles. The van der Waals surface area contributed by atoms with E-state index in [1.54, 1.807) is 36.7 Å². The van der Waals surface area contributed by atoms with Crippen molar-refractivity contribution in [2.24, 2.45) is 4.99 Å². The molecule has 144 valence electrons. The summed E-state index contributed by atoms with van der Waals surface area (Å²) < 4.78 is 14.3. The molecule has 0 fully saturated rings. The highest BCUT2D eigenvalue weighted by molar-refractivity contribution is 7.16. The van der Waals surface area contributed by atoms with E-state index in [0.29, 0.717) is 47.1 Å². The average molecular weight is 404 g/mol. The molecular formula is C21H16N4O3S. The van der Waals surface area contributed by atoms with Gasteiger partial charge in [0.15, 0.2) is 16.3 Å². The molecule has 8 heteroatoms. The van der Waals surface area contributed by atoms with Crippen LogP contribution in [0.5, 0.6) is 11.5 Å². The number of hydrogen-bond donors (Lipinski definition) is 0. The van der Waals surface area contributed by atoms with Crippen molar-refractivity contribution in [3.63, 3.8) is 0 Å². The molecule has 1 aliphatic heterocycles. The number of benzene rings is 2. The van der Waals surface area contributed by atoms with Crippen molar-refractivity contribution < 1.29 is 14.3 Å². The van der Waals surface area contributed by atoms with Gasteiger partial charge in [0.2, 0.25) is 0 Å². The lowest BCUT2D eigenvalue weighted by Crippen LogP contribution is -2.17. The molecular weight excluding hydrogens is 388 g/mol. The van der Waals surface area contributed by atoms with E-state index in [1.807, 2.05) is 16.7 Å². The monoisotopic (exact) mass is 404 g/mol. The van der Waals surface area contributed by atoms with Gasteiger partial charge in [0.25, 0.3) is 5.91 Å². The number of carbonyl (C=O) groups excluding carboxylic acids is 1. The Morgan fingerprint density at radius 2 is 1.90 bits per heavy atom. The molecule has 3 heterocycles. The van der Waals surface area contributed by atoms with Crippen molar-refractivity contribution in [2.45, 2.75) is 6.54 Å². The second-order valence-electron chi connectivity index (χ2n) is 6.42. The van der Waals surface area contributed by atoms with Crippen LogP contribution in [0, 0.1) is 0 Å². The molecule has 0 radical (unpaired) electrons.